The molecule has 3 aliphatic rings. The summed E-state index contributed by atoms with van der Waals surface area (Å²) in [6.07, 6.45) is 4.15. The maximum absolute atomic E-state index is 11.5. The molecule has 2 aromatic carbocycles. The van der Waals surface area contributed by atoms with Crippen molar-refractivity contribution < 1.29 is 5.11 Å². The van der Waals surface area contributed by atoms with E-state index in [2.05, 4.69) is 48.5 Å². The average Bonchev–Trinajstić information content (AvgIpc) is 3.46. The first-order valence-corrected chi connectivity index (χ1v) is 11.6. The number of likely N-dealkylation sites (N-methyl/N-ethyl adjacent to an activating group) is 1. The van der Waals surface area contributed by atoms with E-state index in [0.29, 0.717) is 12.5 Å². The van der Waals surface area contributed by atoms with Gasteiger partial charge in [0.2, 0.25) is 5.88 Å². The largest absolute Gasteiger partial charge is 0.494 e. The number of rotatable bonds is 3. The van der Waals surface area contributed by atoms with Crippen LogP contribution in [-0.4, -0.2) is 52.7 Å². The van der Waals surface area contributed by atoms with Crippen molar-refractivity contribution in [1.29, 1.82) is 0 Å². The summed E-state index contributed by atoms with van der Waals surface area (Å²) in [7, 11) is 2.17. The van der Waals surface area contributed by atoms with Crippen LogP contribution in [0.4, 0.5) is 5.69 Å². The molecule has 0 amide bonds. The fourth-order valence-electron chi connectivity index (χ4n) is 5.85. The van der Waals surface area contributed by atoms with Crippen molar-refractivity contribution >= 4 is 23.0 Å². The van der Waals surface area contributed by atoms with Gasteiger partial charge in [-0.05, 0) is 55.5 Å². The second-order valence-electron chi connectivity index (χ2n) is 9.32. The van der Waals surface area contributed by atoms with Gasteiger partial charge >= 0.3 is 0 Å². The van der Waals surface area contributed by atoms with Crippen LogP contribution in [0.2, 0.25) is 0 Å². The Morgan fingerprint density at radius 3 is 2.58 bits per heavy atom. The lowest BCUT2D eigenvalue weighted by Gasteiger charge is -2.32. The number of aryl methyl sites for hydroxylation is 2. The first kappa shape index (κ1) is 19.1. The molecular formula is C26H30N4O. The summed E-state index contributed by atoms with van der Waals surface area (Å²) in [5, 5.41) is 15.7. The van der Waals surface area contributed by atoms with E-state index in [1.165, 1.54) is 27.8 Å². The van der Waals surface area contributed by atoms with Crippen LogP contribution in [0.1, 0.15) is 30.0 Å². The summed E-state index contributed by atoms with van der Waals surface area (Å²) in [5.74, 6) is 0.391. The minimum atomic E-state index is 0.391. The smallest absolute Gasteiger partial charge is 0.200 e. The van der Waals surface area contributed by atoms with E-state index in [4.69, 9.17) is 4.99 Å². The molecule has 0 bridgehead atoms. The van der Waals surface area contributed by atoms with Crippen LogP contribution in [0.15, 0.2) is 23.2 Å². The van der Waals surface area contributed by atoms with E-state index in [-0.39, 0.29) is 0 Å². The standard InChI is InChI=1S/C26H30N4O/c1-4-17-7-5-10-20-22(17)24-21-16(2)30(15-29-13-11-28(3)12-14-29)26(31)23(21)18-8-6-9-19(18)25(24)27-20/h5,7,10,31H,2,4,6,8-9,11-15H2,1,3H3. The molecule has 3 heterocycles. The molecule has 0 unspecified atom stereocenters. The normalized spacial score (nSPS) is 18.3. The molecule has 0 saturated carbocycles. The zero-order valence-corrected chi connectivity index (χ0v) is 18.5. The van der Waals surface area contributed by atoms with Crippen molar-refractivity contribution in [1.82, 2.24) is 14.4 Å². The molecular weight excluding hydrogens is 384 g/mol. The number of hydrogen-bond donors (Lipinski definition) is 1. The molecule has 0 radical (unpaired) electrons. The molecule has 1 aliphatic carbocycles. The fraction of sp³-hybridized carbons (Fsp3) is 0.423. The first-order valence-electron chi connectivity index (χ1n) is 11.6. The third-order valence-electron chi connectivity index (χ3n) is 7.57. The summed E-state index contributed by atoms with van der Waals surface area (Å²) >= 11 is 0. The summed E-state index contributed by atoms with van der Waals surface area (Å²) < 4.78 is 2.04. The van der Waals surface area contributed by atoms with Crippen LogP contribution in [-0.2, 0) is 25.9 Å². The lowest BCUT2D eigenvalue weighted by atomic mass is 9.91. The van der Waals surface area contributed by atoms with E-state index < -0.39 is 0 Å². The van der Waals surface area contributed by atoms with Gasteiger partial charge in [0.15, 0.2) is 0 Å². The molecule has 31 heavy (non-hydrogen) atoms. The highest BCUT2D eigenvalue weighted by Crippen LogP contribution is 2.44. The molecule has 1 saturated heterocycles. The van der Waals surface area contributed by atoms with Gasteiger partial charge in [-0.25, -0.2) is 4.99 Å². The maximum Gasteiger partial charge on any atom is 0.200 e. The van der Waals surface area contributed by atoms with Gasteiger partial charge in [-0.15, -0.1) is 0 Å². The molecule has 5 nitrogen and oxygen atoms in total. The van der Waals surface area contributed by atoms with Crippen molar-refractivity contribution in [3.8, 4) is 17.0 Å². The minimum absolute atomic E-state index is 0.391. The number of benzene rings is 2. The quantitative estimate of drug-likeness (QED) is 0.561. The lowest BCUT2D eigenvalue weighted by molar-refractivity contribution is 0.120. The zero-order valence-electron chi connectivity index (χ0n) is 18.5. The Bertz CT molecular complexity index is 1330. The highest BCUT2D eigenvalue weighted by Gasteiger charge is 2.31. The van der Waals surface area contributed by atoms with E-state index in [9.17, 15) is 5.11 Å². The second-order valence-corrected chi connectivity index (χ2v) is 9.32. The van der Waals surface area contributed by atoms with Crippen LogP contribution in [0.3, 0.4) is 0 Å². The zero-order chi connectivity index (χ0) is 21.3. The molecule has 1 aromatic heterocycles. The second kappa shape index (κ2) is 6.94. The highest BCUT2D eigenvalue weighted by molar-refractivity contribution is 6.06. The highest BCUT2D eigenvalue weighted by atomic mass is 16.3. The average molecular weight is 415 g/mol. The van der Waals surface area contributed by atoms with Crippen LogP contribution < -0.4 is 10.7 Å². The maximum atomic E-state index is 11.5. The Labute approximate surface area is 182 Å². The summed E-state index contributed by atoms with van der Waals surface area (Å²) in [4.78, 5) is 9.89. The van der Waals surface area contributed by atoms with Gasteiger partial charge in [0.1, 0.15) is 0 Å². The van der Waals surface area contributed by atoms with Crippen molar-refractivity contribution in [3.63, 3.8) is 0 Å². The van der Waals surface area contributed by atoms with E-state index in [1.54, 1.807) is 0 Å². The van der Waals surface area contributed by atoms with Gasteiger partial charge in [-0.3, -0.25) is 9.47 Å². The Balaban J connectivity index is 1.62. The van der Waals surface area contributed by atoms with Gasteiger partial charge in [0.25, 0.3) is 0 Å². The Hall–Kier alpha value is -2.63. The van der Waals surface area contributed by atoms with Crippen LogP contribution in [0.5, 0.6) is 5.88 Å². The molecule has 1 fully saturated rings. The van der Waals surface area contributed by atoms with Crippen LogP contribution >= 0.6 is 0 Å². The Morgan fingerprint density at radius 1 is 1.03 bits per heavy atom. The SMILES string of the molecule is C=c1c2c3c(c4c(c2c(O)n1CN1CCN(C)CC1)CCC4)=Nc1cccc(CC)c1-3. The van der Waals surface area contributed by atoms with Gasteiger partial charge in [0, 0.05) is 53.4 Å². The number of nitrogens with zero attached hydrogens (tertiary/aromatic N) is 4. The molecule has 1 N–H and O–H groups in total. The van der Waals surface area contributed by atoms with Crippen LogP contribution in [0.25, 0.3) is 28.5 Å². The molecule has 0 spiro atoms. The molecule has 5 heteroatoms. The topological polar surface area (TPSA) is 44.0 Å². The molecule has 0 atom stereocenters. The van der Waals surface area contributed by atoms with E-state index >= 15 is 0 Å². The monoisotopic (exact) mass is 414 g/mol. The Morgan fingerprint density at radius 2 is 1.81 bits per heavy atom. The van der Waals surface area contributed by atoms with Crippen molar-refractivity contribution in [2.45, 2.75) is 39.3 Å². The predicted molar refractivity (Wildman–Crippen MR) is 125 cm³/mol. The summed E-state index contributed by atoms with van der Waals surface area (Å²) in [5.41, 5.74) is 7.49. The van der Waals surface area contributed by atoms with Crippen molar-refractivity contribution in [3.05, 3.63) is 45.6 Å². The number of piperazine rings is 1. The van der Waals surface area contributed by atoms with Gasteiger partial charge in [-0.1, -0.05) is 25.6 Å². The van der Waals surface area contributed by atoms with Crippen LogP contribution in [0, 0.1) is 0 Å². The lowest BCUT2D eigenvalue weighted by Crippen LogP contribution is -2.45. The molecule has 6 rings (SSSR count). The van der Waals surface area contributed by atoms with Crippen molar-refractivity contribution in [2.75, 3.05) is 33.2 Å². The third-order valence-corrected chi connectivity index (χ3v) is 7.57. The number of hydrogen-bond acceptors (Lipinski definition) is 4. The van der Waals surface area contributed by atoms with E-state index in [1.807, 2.05) is 4.57 Å². The summed E-state index contributed by atoms with van der Waals surface area (Å²) in [6, 6.07) is 6.46. The predicted octanol–water partition coefficient (Wildman–Crippen LogP) is 2.94. The number of fused-ring (bicyclic) bond motifs is 8. The van der Waals surface area contributed by atoms with E-state index in [0.717, 1.165) is 79.0 Å². The minimum Gasteiger partial charge on any atom is -0.494 e. The molecule has 2 aliphatic heterocycles. The van der Waals surface area contributed by atoms with Gasteiger partial charge in [0.05, 0.1) is 17.7 Å². The fourth-order valence-corrected chi connectivity index (χ4v) is 5.85. The van der Waals surface area contributed by atoms with Crippen molar-refractivity contribution in [2.24, 2.45) is 4.99 Å². The summed E-state index contributed by atoms with van der Waals surface area (Å²) in [6.45, 7) is 11.5. The molecule has 3 aromatic rings. The Kier molecular flexibility index (Phi) is 4.27. The third kappa shape index (κ3) is 2.66. The molecule has 160 valence electrons. The number of aromatic hydroxyl groups is 1. The first-order chi connectivity index (χ1) is 15.1. The number of aromatic nitrogens is 1. The van der Waals surface area contributed by atoms with Gasteiger partial charge in [-0.2, -0.15) is 0 Å². The van der Waals surface area contributed by atoms with Gasteiger partial charge < -0.3 is 10.0 Å².